The lowest BCUT2D eigenvalue weighted by Gasteiger charge is -2.22. The highest BCUT2D eigenvalue weighted by Crippen LogP contribution is 2.09. The number of hydrogen-bond donors (Lipinski definition) is 2. The van der Waals surface area contributed by atoms with Gasteiger partial charge in [0.25, 0.3) is 0 Å². The van der Waals surface area contributed by atoms with Crippen molar-refractivity contribution in [2.75, 3.05) is 26.3 Å². The Hall–Kier alpha value is -0.610. The first-order valence-electron chi connectivity index (χ1n) is 6.90. The fraction of sp³-hybridized carbons (Fsp3) is 0.923. The summed E-state index contributed by atoms with van der Waals surface area (Å²) < 4.78 is 5.38. The molecule has 0 bridgehead atoms. The van der Waals surface area contributed by atoms with Crippen molar-refractivity contribution in [2.45, 2.75) is 51.5 Å². The molecule has 2 N–H and O–H groups in total. The van der Waals surface area contributed by atoms with Crippen molar-refractivity contribution < 1.29 is 9.53 Å². The first kappa shape index (κ1) is 14.5. The molecule has 0 aliphatic carbocycles. The van der Waals surface area contributed by atoms with Gasteiger partial charge in [0.05, 0.1) is 6.61 Å². The van der Waals surface area contributed by atoms with Gasteiger partial charge in [-0.1, -0.05) is 19.8 Å². The molecule has 17 heavy (non-hydrogen) atoms. The highest BCUT2D eigenvalue weighted by atomic mass is 16.5. The Morgan fingerprint density at radius 3 is 3.00 bits per heavy atom. The third kappa shape index (κ3) is 7.34. The van der Waals surface area contributed by atoms with Crippen molar-refractivity contribution in [3.8, 4) is 0 Å². The number of rotatable bonds is 8. The second-order valence-electron chi connectivity index (χ2n) is 4.67. The molecule has 1 heterocycles. The lowest BCUT2D eigenvalue weighted by molar-refractivity contribution is -0.121. The predicted molar refractivity (Wildman–Crippen MR) is 69.0 cm³/mol. The maximum atomic E-state index is 11.6. The molecule has 4 heteroatoms. The summed E-state index contributed by atoms with van der Waals surface area (Å²) in [6, 6.07) is 0.379. The summed E-state index contributed by atoms with van der Waals surface area (Å²) in [5.74, 6) is 0.142. The van der Waals surface area contributed by atoms with Crippen LogP contribution in [-0.4, -0.2) is 38.3 Å². The Labute approximate surface area is 104 Å². The van der Waals surface area contributed by atoms with E-state index in [1.807, 2.05) is 0 Å². The fourth-order valence-corrected chi connectivity index (χ4v) is 2.01. The van der Waals surface area contributed by atoms with E-state index >= 15 is 0 Å². The molecular weight excluding hydrogens is 216 g/mol. The van der Waals surface area contributed by atoms with Crippen LogP contribution >= 0.6 is 0 Å². The minimum atomic E-state index is 0.142. The van der Waals surface area contributed by atoms with Crippen LogP contribution in [0.3, 0.4) is 0 Å². The van der Waals surface area contributed by atoms with Gasteiger partial charge in [0.1, 0.15) is 0 Å². The Balaban J connectivity index is 1.93. The summed E-state index contributed by atoms with van der Waals surface area (Å²) in [4.78, 5) is 11.6. The van der Waals surface area contributed by atoms with E-state index in [4.69, 9.17) is 4.74 Å². The SMILES string of the molecule is CCCCOCCNC(=O)CC1CCCCN1. The summed E-state index contributed by atoms with van der Waals surface area (Å²) in [5, 5.41) is 6.28. The maximum Gasteiger partial charge on any atom is 0.221 e. The average Bonchev–Trinajstić information content (AvgIpc) is 2.35. The minimum Gasteiger partial charge on any atom is -0.380 e. The highest BCUT2D eigenvalue weighted by Gasteiger charge is 2.15. The molecule has 4 nitrogen and oxygen atoms in total. The topological polar surface area (TPSA) is 50.4 Å². The van der Waals surface area contributed by atoms with Crippen LogP contribution in [0.2, 0.25) is 0 Å². The Kier molecular flexibility index (Phi) is 8.01. The largest absolute Gasteiger partial charge is 0.380 e. The molecule has 1 fully saturated rings. The number of nitrogens with one attached hydrogen (secondary N) is 2. The van der Waals surface area contributed by atoms with Gasteiger partial charge in [-0.25, -0.2) is 0 Å². The summed E-state index contributed by atoms with van der Waals surface area (Å²) in [6.07, 6.45) is 6.46. The first-order valence-corrected chi connectivity index (χ1v) is 6.90. The number of ether oxygens (including phenoxy) is 1. The fourth-order valence-electron chi connectivity index (χ4n) is 2.01. The molecule has 1 aliphatic heterocycles. The van der Waals surface area contributed by atoms with Gasteiger partial charge in [-0.05, 0) is 25.8 Å². The zero-order valence-corrected chi connectivity index (χ0v) is 11.0. The predicted octanol–water partition coefficient (Wildman–Crippen LogP) is 1.45. The molecule has 0 aromatic heterocycles. The maximum absolute atomic E-state index is 11.6. The van der Waals surface area contributed by atoms with E-state index in [0.29, 0.717) is 25.6 Å². The summed E-state index contributed by atoms with van der Waals surface area (Å²) in [6.45, 7) is 5.26. The molecule has 0 aromatic rings. The van der Waals surface area contributed by atoms with Crippen molar-refractivity contribution in [1.29, 1.82) is 0 Å². The standard InChI is InChI=1S/C13H26N2O2/c1-2-3-9-17-10-8-15-13(16)11-12-6-4-5-7-14-12/h12,14H,2-11H2,1H3,(H,15,16). The third-order valence-corrected chi connectivity index (χ3v) is 3.05. The molecule has 1 saturated heterocycles. The van der Waals surface area contributed by atoms with E-state index in [1.54, 1.807) is 0 Å². The zero-order chi connectivity index (χ0) is 12.3. The van der Waals surface area contributed by atoms with E-state index in [0.717, 1.165) is 32.4 Å². The third-order valence-electron chi connectivity index (χ3n) is 3.05. The van der Waals surface area contributed by atoms with Crippen molar-refractivity contribution >= 4 is 5.91 Å². The average molecular weight is 242 g/mol. The minimum absolute atomic E-state index is 0.142. The molecule has 0 saturated carbocycles. The molecule has 1 rings (SSSR count). The lowest BCUT2D eigenvalue weighted by Crippen LogP contribution is -2.39. The number of carbonyl (C=O) groups is 1. The van der Waals surface area contributed by atoms with E-state index in [-0.39, 0.29) is 5.91 Å². The molecule has 100 valence electrons. The molecule has 0 aromatic carbocycles. The summed E-state index contributed by atoms with van der Waals surface area (Å²) in [7, 11) is 0. The molecule has 1 atom stereocenters. The van der Waals surface area contributed by atoms with Gasteiger partial charge >= 0.3 is 0 Å². The number of unbranched alkanes of at least 4 members (excludes halogenated alkanes) is 1. The number of carbonyl (C=O) groups excluding carboxylic acids is 1. The van der Waals surface area contributed by atoms with Crippen molar-refractivity contribution in [2.24, 2.45) is 0 Å². The van der Waals surface area contributed by atoms with Crippen LogP contribution in [0.25, 0.3) is 0 Å². The molecule has 1 amide bonds. The molecular formula is C13H26N2O2. The van der Waals surface area contributed by atoms with Crippen molar-refractivity contribution in [3.63, 3.8) is 0 Å². The normalized spacial score (nSPS) is 20.2. The van der Waals surface area contributed by atoms with Crippen LogP contribution in [0.1, 0.15) is 45.4 Å². The van der Waals surface area contributed by atoms with Gasteiger partial charge in [0.15, 0.2) is 0 Å². The number of amides is 1. The Bertz CT molecular complexity index is 204. The van der Waals surface area contributed by atoms with Crippen molar-refractivity contribution in [1.82, 2.24) is 10.6 Å². The molecule has 0 spiro atoms. The van der Waals surface area contributed by atoms with Gasteiger partial charge in [-0.2, -0.15) is 0 Å². The van der Waals surface area contributed by atoms with E-state index in [1.165, 1.54) is 12.8 Å². The molecule has 1 aliphatic rings. The van der Waals surface area contributed by atoms with Gasteiger partial charge in [0, 0.05) is 25.6 Å². The quantitative estimate of drug-likeness (QED) is 0.633. The number of piperidine rings is 1. The zero-order valence-electron chi connectivity index (χ0n) is 11.0. The lowest BCUT2D eigenvalue weighted by atomic mass is 10.0. The van der Waals surface area contributed by atoms with Crippen LogP contribution in [-0.2, 0) is 9.53 Å². The van der Waals surface area contributed by atoms with E-state index in [2.05, 4.69) is 17.6 Å². The molecule has 0 radical (unpaired) electrons. The smallest absolute Gasteiger partial charge is 0.221 e. The van der Waals surface area contributed by atoms with Crippen LogP contribution in [0.15, 0.2) is 0 Å². The molecule has 1 unspecified atom stereocenters. The first-order chi connectivity index (χ1) is 8.33. The van der Waals surface area contributed by atoms with Gasteiger partial charge in [-0.3, -0.25) is 4.79 Å². The van der Waals surface area contributed by atoms with Crippen LogP contribution < -0.4 is 10.6 Å². The summed E-state index contributed by atoms with van der Waals surface area (Å²) in [5.41, 5.74) is 0. The number of hydrogen-bond acceptors (Lipinski definition) is 3. The van der Waals surface area contributed by atoms with Crippen LogP contribution in [0.4, 0.5) is 0 Å². The van der Waals surface area contributed by atoms with Crippen molar-refractivity contribution in [3.05, 3.63) is 0 Å². The highest BCUT2D eigenvalue weighted by molar-refractivity contribution is 5.76. The Morgan fingerprint density at radius 1 is 1.41 bits per heavy atom. The van der Waals surface area contributed by atoms with Gasteiger partial charge in [-0.15, -0.1) is 0 Å². The van der Waals surface area contributed by atoms with E-state index in [9.17, 15) is 4.79 Å². The second-order valence-corrected chi connectivity index (χ2v) is 4.67. The Morgan fingerprint density at radius 2 is 2.29 bits per heavy atom. The van der Waals surface area contributed by atoms with Crippen LogP contribution in [0.5, 0.6) is 0 Å². The van der Waals surface area contributed by atoms with Gasteiger partial charge < -0.3 is 15.4 Å². The van der Waals surface area contributed by atoms with Gasteiger partial charge in [0.2, 0.25) is 5.91 Å². The second kappa shape index (κ2) is 9.42. The summed E-state index contributed by atoms with van der Waals surface area (Å²) >= 11 is 0. The van der Waals surface area contributed by atoms with E-state index < -0.39 is 0 Å². The van der Waals surface area contributed by atoms with Crippen LogP contribution in [0, 0.1) is 0 Å². The monoisotopic (exact) mass is 242 g/mol.